The van der Waals surface area contributed by atoms with Crippen molar-refractivity contribution in [3.8, 4) is 0 Å². The summed E-state index contributed by atoms with van der Waals surface area (Å²) in [5.41, 5.74) is 6.68. The third kappa shape index (κ3) is 2.40. The van der Waals surface area contributed by atoms with Crippen LogP contribution in [-0.2, 0) is 14.4 Å². The molecule has 1 aliphatic heterocycles. The zero-order valence-electron chi connectivity index (χ0n) is 7.24. The third-order valence-corrected chi connectivity index (χ3v) is 1.91. The normalized spacial score (nSPS) is 29.8. The minimum atomic E-state index is -1.09. The Morgan fingerprint density at radius 1 is 1.92 bits per heavy atom. The van der Waals surface area contributed by atoms with Crippen LogP contribution < -0.4 is 11.2 Å². The summed E-state index contributed by atoms with van der Waals surface area (Å²) in [6.45, 7) is 1.65. The topological polar surface area (TPSA) is 102 Å². The monoisotopic (exact) mass is 188 g/mol. The van der Waals surface area contributed by atoms with Crippen LogP contribution in [0, 0.1) is 0 Å². The number of carbonyl (C=O) groups is 2. The lowest BCUT2D eigenvalue weighted by Gasteiger charge is -2.21. The molecule has 2 unspecified atom stereocenters. The Morgan fingerprint density at radius 2 is 2.54 bits per heavy atom. The van der Waals surface area contributed by atoms with Crippen LogP contribution in [-0.4, -0.2) is 28.6 Å². The Kier molecular flexibility index (Phi) is 2.53. The van der Waals surface area contributed by atoms with Gasteiger partial charge < -0.3 is 10.8 Å². The largest absolute Gasteiger partial charge is 0.480 e. The van der Waals surface area contributed by atoms with E-state index in [-0.39, 0.29) is 18.7 Å². The van der Waals surface area contributed by atoms with Gasteiger partial charge in [-0.1, -0.05) is 0 Å². The fraction of sp³-hybridized carbons (Fsp3) is 0.714. The second-order valence-electron chi connectivity index (χ2n) is 3.40. The molecule has 0 aliphatic carbocycles. The first kappa shape index (κ1) is 9.94. The molecule has 0 spiro atoms. The average molecular weight is 188 g/mol. The number of nitrogens with one attached hydrogen (secondary N) is 1. The molecule has 0 aromatic rings. The Hall–Kier alpha value is -1.14. The number of carboxylic acids is 1. The van der Waals surface area contributed by atoms with Crippen molar-refractivity contribution < 1.29 is 19.5 Å². The van der Waals surface area contributed by atoms with Crippen molar-refractivity contribution in [1.82, 2.24) is 5.48 Å². The Morgan fingerprint density at radius 3 is 2.92 bits per heavy atom. The number of carbonyl (C=O) groups excluding carboxylic acids is 1. The zero-order valence-corrected chi connectivity index (χ0v) is 7.24. The second-order valence-corrected chi connectivity index (χ2v) is 3.40. The summed E-state index contributed by atoms with van der Waals surface area (Å²) in [7, 11) is 0. The molecule has 0 aromatic carbocycles. The molecule has 2 atom stereocenters. The lowest BCUT2D eigenvalue weighted by Crippen LogP contribution is -2.39. The maximum absolute atomic E-state index is 10.8. The molecule has 1 saturated heterocycles. The van der Waals surface area contributed by atoms with Gasteiger partial charge in [-0.15, -0.1) is 0 Å². The number of hydrogen-bond donors (Lipinski definition) is 3. The van der Waals surface area contributed by atoms with Gasteiger partial charge in [0.15, 0.2) is 0 Å². The van der Waals surface area contributed by atoms with Gasteiger partial charge in [0, 0.05) is 6.42 Å². The van der Waals surface area contributed by atoms with Crippen LogP contribution in [0.15, 0.2) is 0 Å². The van der Waals surface area contributed by atoms with Crippen LogP contribution >= 0.6 is 0 Å². The van der Waals surface area contributed by atoms with Crippen molar-refractivity contribution in [3.05, 3.63) is 0 Å². The van der Waals surface area contributed by atoms with Crippen molar-refractivity contribution >= 4 is 11.9 Å². The van der Waals surface area contributed by atoms with E-state index in [2.05, 4.69) is 5.48 Å². The molecule has 1 rings (SSSR count). The van der Waals surface area contributed by atoms with Crippen LogP contribution in [0.1, 0.15) is 19.8 Å². The molecule has 4 N–H and O–H groups in total. The standard InChI is InChI=1S/C7H12N2O4/c1-7(2-4(8)6(11)12)3-5(10)9-13-7/h4H,2-3,8H2,1H3,(H,9,10)(H,11,12). The first-order valence-corrected chi connectivity index (χ1v) is 3.88. The van der Waals surface area contributed by atoms with Gasteiger partial charge in [-0.2, -0.15) is 0 Å². The van der Waals surface area contributed by atoms with Crippen LogP contribution in [0.5, 0.6) is 0 Å². The van der Waals surface area contributed by atoms with Crippen LogP contribution in [0.3, 0.4) is 0 Å². The van der Waals surface area contributed by atoms with Gasteiger partial charge in [-0.3, -0.25) is 14.4 Å². The fourth-order valence-electron chi connectivity index (χ4n) is 1.26. The Bertz CT molecular complexity index is 243. The summed E-state index contributed by atoms with van der Waals surface area (Å²) in [5, 5.41) is 8.54. The Balaban J connectivity index is 2.53. The smallest absolute Gasteiger partial charge is 0.320 e. The highest BCUT2D eigenvalue weighted by Crippen LogP contribution is 2.24. The van der Waals surface area contributed by atoms with Crippen molar-refractivity contribution in [3.63, 3.8) is 0 Å². The van der Waals surface area contributed by atoms with E-state index in [4.69, 9.17) is 15.7 Å². The molecular formula is C7H12N2O4. The molecule has 0 radical (unpaired) electrons. The summed E-state index contributed by atoms with van der Waals surface area (Å²) in [5.74, 6) is -1.34. The van der Waals surface area contributed by atoms with E-state index in [9.17, 15) is 9.59 Å². The number of aliphatic carboxylic acids is 1. The molecule has 0 aromatic heterocycles. The molecule has 1 heterocycles. The van der Waals surface area contributed by atoms with E-state index in [1.165, 1.54) is 0 Å². The van der Waals surface area contributed by atoms with E-state index in [1.807, 2.05) is 0 Å². The van der Waals surface area contributed by atoms with E-state index in [0.717, 1.165) is 0 Å². The zero-order chi connectivity index (χ0) is 10.1. The minimum Gasteiger partial charge on any atom is -0.480 e. The third-order valence-electron chi connectivity index (χ3n) is 1.91. The van der Waals surface area contributed by atoms with Crippen LogP contribution in [0.25, 0.3) is 0 Å². The van der Waals surface area contributed by atoms with Crippen molar-refractivity contribution in [1.29, 1.82) is 0 Å². The number of hydroxylamine groups is 1. The molecule has 0 saturated carbocycles. The van der Waals surface area contributed by atoms with E-state index in [1.54, 1.807) is 6.92 Å². The number of amides is 1. The Labute approximate surface area is 75.0 Å². The quantitative estimate of drug-likeness (QED) is 0.527. The molecule has 1 amide bonds. The predicted molar refractivity (Wildman–Crippen MR) is 42.5 cm³/mol. The maximum atomic E-state index is 10.8. The average Bonchev–Trinajstić information content (AvgIpc) is 2.30. The van der Waals surface area contributed by atoms with Gasteiger partial charge in [-0.05, 0) is 6.92 Å². The van der Waals surface area contributed by atoms with Gasteiger partial charge in [0.1, 0.15) is 11.6 Å². The second kappa shape index (κ2) is 3.31. The van der Waals surface area contributed by atoms with Gasteiger partial charge in [-0.25, -0.2) is 5.48 Å². The summed E-state index contributed by atoms with van der Waals surface area (Å²) < 4.78 is 0. The highest BCUT2D eigenvalue weighted by molar-refractivity contribution is 5.78. The van der Waals surface area contributed by atoms with Gasteiger partial charge >= 0.3 is 5.97 Å². The SMILES string of the molecule is CC1(CC(N)C(=O)O)CC(=O)NO1. The number of nitrogens with two attached hydrogens (primary N) is 1. The van der Waals surface area contributed by atoms with Crippen molar-refractivity contribution in [2.24, 2.45) is 5.73 Å². The summed E-state index contributed by atoms with van der Waals surface area (Å²) in [6, 6.07) is -1.00. The molecule has 1 aliphatic rings. The molecule has 0 bridgehead atoms. The molecular weight excluding hydrogens is 176 g/mol. The van der Waals surface area contributed by atoms with Crippen molar-refractivity contribution in [2.75, 3.05) is 0 Å². The lowest BCUT2D eigenvalue weighted by molar-refractivity contribution is -0.141. The highest BCUT2D eigenvalue weighted by Gasteiger charge is 2.38. The number of rotatable bonds is 3. The number of carboxylic acid groups (broad SMARTS) is 1. The van der Waals surface area contributed by atoms with E-state index >= 15 is 0 Å². The van der Waals surface area contributed by atoms with Crippen molar-refractivity contribution in [2.45, 2.75) is 31.4 Å². The molecule has 6 nitrogen and oxygen atoms in total. The van der Waals surface area contributed by atoms with Gasteiger partial charge in [0.25, 0.3) is 0 Å². The van der Waals surface area contributed by atoms with Crippen LogP contribution in [0.2, 0.25) is 0 Å². The van der Waals surface area contributed by atoms with Crippen LogP contribution in [0.4, 0.5) is 0 Å². The summed E-state index contributed by atoms with van der Waals surface area (Å²) in [4.78, 5) is 26.1. The molecule has 6 heteroatoms. The molecule has 74 valence electrons. The molecule has 1 fully saturated rings. The highest BCUT2D eigenvalue weighted by atomic mass is 16.7. The van der Waals surface area contributed by atoms with E-state index in [0.29, 0.717) is 0 Å². The summed E-state index contributed by atoms with van der Waals surface area (Å²) >= 11 is 0. The minimum absolute atomic E-state index is 0.112. The summed E-state index contributed by atoms with van der Waals surface area (Å²) in [6.07, 6.45) is 0.259. The maximum Gasteiger partial charge on any atom is 0.320 e. The lowest BCUT2D eigenvalue weighted by atomic mass is 9.94. The van der Waals surface area contributed by atoms with Gasteiger partial charge in [0.05, 0.1) is 6.42 Å². The fourth-order valence-corrected chi connectivity index (χ4v) is 1.26. The first-order valence-electron chi connectivity index (χ1n) is 3.88. The predicted octanol–water partition coefficient (Wildman–Crippen LogP) is -1.00. The van der Waals surface area contributed by atoms with E-state index < -0.39 is 17.6 Å². The molecule has 13 heavy (non-hydrogen) atoms. The van der Waals surface area contributed by atoms with Gasteiger partial charge in [0.2, 0.25) is 5.91 Å². The number of hydrogen-bond acceptors (Lipinski definition) is 4. The first-order chi connectivity index (χ1) is 5.93.